The highest BCUT2D eigenvalue weighted by Crippen LogP contribution is 2.28. The Morgan fingerprint density at radius 3 is 2.39 bits per heavy atom. The first-order chi connectivity index (χ1) is 15.8. The minimum atomic E-state index is -3.13. The third kappa shape index (κ3) is 5.99. The number of hydrogen-bond donors (Lipinski definition) is 0. The lowest BCUT2D eigenvalue weighted by Crippen LogP contribution is -2.49. The van der Waals surface area contributed by atoms with Crippen molar-refractivity contribution >= 4 is 15.7 Å². The molecule has 0 N–H and O–H groups in total. The van der Waals surface area contributed by atoms with Crippen LogP contribution in [0.1, 0.15) is 36.4 Å². The maximum absolute atomic E-state index is 13.6. The van der Waals surface area contributed by atoms with Crippen LogP contribution in [0.3, 0.4) is 0 Å². The fourth-order valence-corrected chi connectivity index (χ4v) is 6.59. The van der Waals surface area contributed by atoms with Gasteiger partial charge in [0.1, 0.15) is 5.82 Å². The number of ether oxygens (including phenoxy) is 1. The molecule has 4 rings (SSSR count). The number of likely N-dealkylation sites (N-methyl/N-ethyl adjacent to an activating group) is 1. The number of carbonyl (C=O) groups excluding carboxylic acids is 1. The van der Waals surface area contributed by atoms with Crippen molar-refractivity contribution in [1.82, 2.24) is 9.80 Å². The van der Waals surface area contributed by atoms with Crippen LogP contribution in [0.5, 0.6) is 0 Å². The molecule has 2 aromatic rings. The van der Waals surface area contributed by atoms with Gasteiger partial charge < -0.3 is 9.64 Å². The van der Waals surface area contributed by atoms with E-state index in [1.807, 2.05) is 42.3 Å². The molecule has 2 saturated heterocycles. The molecule has 33 heavy (non-hydrogen) atoms. The molecule has 8 heteroatoms. The van der Waals surface area contributed by atoms with E-state index in [1.165, 1.54) is 12.1 Å². The van der Waals surface area contributed by atoms with E-state index in [1.54, 1.807) is 17.0 Å². The van der Waals surface area contributed by atoms with E-state index < -0.39 is 9.84 Å². The Hall–Kier alpha value is -2.29. The predicted molar refractivity (Wildman–Crippen MR) is 125 cm³/mol. The highest BCUT2D eigenvalue weighted by atomic mass is 32.2. The van der Waals surface area contributed by atoms with Crippen LogP contribution in [-0.4, -0.2) is 74.5 Å². The molecule has 3 atom stereocenters. The molecule has 2 heterocycles. The molecule has 3 unspecified atom stereocenters. The molecule has 2 aliphatic heterocycles. The van der Waals surface area contributed by atoms with Crippen LogP contribution < -0.4 is 0 Å². The number of carbonyl (C=O) groups is 1. The van der Waals surface area contributed by atoms with Crippen LogP contribution >= 0.6 is 0 Å². The topological polar surface area (TPSA) is 66.9 Å². The lowest BCUT2D eigenvalue weighted by atomic mass is 9.97. The first-order valence-corrected chi connectivity index (χ1v) is 13.3. The van der Waals surface area contributed by atoms with Crippen molar-refractivity contribution in [3.05, 3.63) is 71.5 Å². The van der Waals surface area contributed by atoms with Crippen molar-refractivity contribution in [2.75, 3.05) is 38.2 Å². The molecule has 0 aromatic heterocycles. The molecule has 1 amide bonds. The predicted octanol–water partition coefficient (Wildman–Crippen LogP) is 3.04. The summed E-state index contributed by atoms with van der Waals surface area (Å²) in [6.45, 7) is 1.20. The summed E-state index contributed by atoms with van der Waals surface area (Å²) >= 11 is 0. The summed E-state index contributed by atoms with van der Waals surface area (Å²) in [4.78, 5) is 17.2. The van der Waals surface area contributed by atoms with Gasteiger partial charge in [0.05, 0.1) is 30.2 Å². The summed E-state index contributed by atoms with van der Waals surface area (Å²) in [6, 6.07) is 15.6. The molecule has 6 nitrogen and oxygen atoms in total. The van der Waals surface area contributed by atoms with Gasteiger partial charge >= 0.3 is 0 Å². The summed E-state index contributed by atoms with van der Waals surface area (Å²) < 4.78 is 43.6. The second-order valence-corrected chi connectivity index (χ2v) is 11.2. The van der Waals surface area contributed by atoms with Crippen molar-refractivity contribution < 1.29 is 22.3 Å². The lowest BCUT2D eigenvalue weighted by molar-refractivity contribution is -0.136. The number of rotatable bonds is 8. The van der Waals surface area contributed by atoms with Gasteiger partial charge in [-0.25, -0.2) is 12.8 Å². The highest BCUT2D eigenvalue weighted by molar-refractivity contribution is 7.91. The van der Waals surface area contributed by atoms with Gasteiger partial charge in [0.15, 0.2) is 9.84 Å². The standard InChI is InChI=1S/C25H31FN2O4S/c1-27(25(19-6-3-2-4-7-19)20-9-11-21(26)12-10-20)17-24(29)28(16-23-8-5-14-32-23)22-13-15-33(30,31)18-22/h2-4,6-7,9-12,22-23,25H,5,8,13-18H2,1H3. The van der Waals surface area contributed by atoms with Crippen LogP contribution in [0.4, 0.5) is 4.39 Å². The molecule has 2 aromatic carbocycles. The van der Waals surface area contributed by atoms with Crippen LogP contribution in [0, 0.1) is 5.82 Å². The SMILES string of the molecule is CN(CC(=O)N(CC1CCCO1)C1CCS(=O)(=O)C1)C(c1ccccc1)c1ccc(F)cc1. The van der Waals surface area contributed by atoms with Gasteiger partial charge in [-0.3, -0.25) is 9.69 Å². The van der Waals surface area contributed by atoms with Gasteiger partial charge in [-0.15, -0.1) is 0 Å². The van der Waals surface area contributed by atoms with Crippen molar-refractivity contribution in [1.29, 1.82) is 0 Å². The zero-order chi connectivity index (χ0) is 23.4. The average Bonchev–Trinajstić information content (AvgIpc) is 3.43. The number of amides is 1. The second-order valence-electron chi connectivity index (χ2n) is 9.02. The lowest BCUT2D eigenvalue weighted by Gasteiger charge is -2.34. The van der Waals surface area contributed by atoms with Gasteiger partial charge in [-0.1, -0.05) is 42.5 Å². The third-order valence-corrected chi connectivity index (χ3v) is 8.27. The molecule has 0 radical (unpaired) electrons. The van der Waals surface area contributed by atoms with Crippen LogP contribution in [-0.2, 0) is 19.4 Å². The zero-order valence-corrected chi connectivity index (χ0v) is 19.7. The van der Waals surface area contributed by atoms with Crippen molar-refractivity contribution in [3.8, 4) is 0 Å². The zero-order valence-electron chi connectivity index (χ0n) is 18.9. The Bertz CT molecular complexity index is 1040. The smallest absolute Gasteiger partial charge is 0.237 e. The monoisotopic (exact) mass is 474 g/mol. The maximum atomic E-state index is 13.6. The van der Waals surface area contributed by atoms with Gasteiger partial charge in [0.25, 0.3) is 0 Å². The number of halogens is 1. The van der Waals surface area contributed by atoms with E-state index in [4.69, 9.17) is 4.74 Å². The maximum Gasteiger partial charge on any atom is 0.237 e. The van der Waals surface area contributed by atoms with Crippen molar-refractivity contribution in [2.24, 2.45) is 0 Å². The second kappa shape index (κ2) is 10.3. The van der Waals surface area contributed by atoms with E-state index in [2.05, 4.69) is 0 Å². The number of hydrogen-bond acceptors (Lipinski definition) is 5. The highest BCUT2D eigenvalue weighted by Gasteiger charge is 2.37. The molecule has 0 bridgehead atoms. The molecule has 2 aliphatic rings. The van der Waals surface area contributed by atoms with Gasteiger partial charge in [-0.05, 0) is 49.6 Å². The third-order valence-electron chi connectivity index (χ3n) is 6.52. The molecule has 2 fully saturated rings. The minimum absolute atomic E-state index is 0.00918. The largest absolute Gasteiger partial charge is 0.376 e. The molecular formula is C25H31FN2O4S. The van der Waals surface area contributed by atoms with Gasteiger partial charge in [-0.2, -0.15) is 0 Å². The molecule has 0 spiro atoms. The van der Waals surface area contributed by atoms with Crippen LogP contribution in [0.15, 0.2) is 54.6 Å². The van der Waals surface area contributed by atoms with E-state index in [-0.39, 0.29) is 48.0 Å². The van der Waals surface area contributed by atoms with E-state index >= 15 is 0 Å². The summed E-state index contributed by atoms with van der Waals surface area (Å²) in [5.74, 6) is -0.298. The quantitative estimate of drug-likeness (QED) is 0.588. The molecular weight excluding hydrogens is 443 g/mol. The summed E-state index contributed by atoms with van der Waals surface area (Å²) in [5.41, 5.74) is 1.88. The average molecular weight is 475 g/mol. The first-order valence-electron chi connectivity index (χ1n) is 11.4. The normalized spacial score (nSPS) is 23.0. The summed E-state index contributed by atoms with van der Waals surface area (Å²) in [6.07, 6.45) is 2.24. The van der Waals surface area contributed by atoms with Gasteiger partial charge in [0.2, 0.25) is 5.91 Å². The van der Waals surface area contributed by atoms with E-state index in [0.29, 0.717) is 19.6 Å². The number of nitrogens with zero attached hydrogens (tertiary/aromatic N) is 2. The van der Waals surface area contributed by atoms with Crippen LogP contribution in [0.25, 0.3) is 0 Å². The summed E-state index contributed by atoms with van der Waals surface area (Å²) in [5, 5.41) is 0. The fraction of sp³-hybridized carbons (Fsp3) is 0.480. The fourth-order valence-electron chi connectivity index (χ4n) is 4.86. The van der Waals surface area contributed by atoms with Gasteiger partial charge in [0, 0.05) is 19.2 Å². The number of sulfone groups is 1. The number of benzene rings is 2. The Kier molecular flexibility index (Phi) is 7.46. The Balaban J connectivity index is 1.56. The van der Waals surface area contributed by atoms with Crippen molar-refractivity contribution in [2.45, 2.75) is 37.5 Å². The van der Waals surface area contributed by atoms with E-state index in [0.717, 1.165) is 24.0 Å². The Labute approximate surface area is 195 Å². The molecule has 0 saturated carbocycles. The van der Waals surface area contributed by atoms with E-state index in [9.17, 15) is 17.6 Å². The Morgan fingerprint density at radius 2 is 1.79 bits per heavy atom. The minimum Gasteiger partial charge on any atom is -0.376 e. The summed E-state index contributed by atoms with van der Waals surface area (Å²) in [7, 11) is -1.26. The molecule has 0 aliphatic carbocycles. The first kappa shape index (κ1) is 23.9. The van der Waals surface area contributed by atoms with Crippen LogP contribution in [0.2, 0.25) is 0 Å². The van der Waals surface area contributed by atoms with Crippen molar-refractivity contribution in [3.63, 3.8) is 0 Å². The molecule has 178 valence electrons. The Morgan fingerprint density at radius 1 is 1.09 bits per heavy atom.